The smallest absolute Gasteiger partial charge is 0.00467 e. The first kappa shape index (κ1) is 8.76. The second kappa shape index (κ2) is 2.35. The van der Waals surface area contributed by atoms with Gasteiger partial charge in [-0.15, -0.1) is 0 Å². The van der Waals surface area contributed by atoms with Gasteiger partial charge in [0.15, 0.2) is 0 Å². The van der Waals surface area contributed by atoms with E-state index in [1.807, 2.05) is 0 Å². The molecule has 3 rings (SSSR count). The lowest BCUT2D eigenvalue weighted by Gasteiger charge is -2.47. The topological polar surface area (TPSA) is 0 Å². The lowest BCUT2D eigenvalue weighted by Crippen LogP contribution is -2.39. The predicted octanol–water partition coefficient (Wildman–Crippen LogP) is 3.95. The van der Waals surface area contributed by atoms with E-state index in [1.54, 1.807) is 0 Å². The summed E-state index contributed by atoms with van der Waals surface area (Å²) in [6, 6.07) is 0. The highest BCUT2D eigenvalue weighted by Gasteiger charge is 2.55. The highest BCUT2D eigenvalue weighted by atomic mass is 14.6. The molecule has 14 heavy (non-hydrogen) atoms. The summed E-state index contributed by atoms with van der Waals surface area (Å²) in [4.78, 5) is 0. The van der Waals surface area contributed by atoms with E-state index in [0.717, 1.165) is 11.8 Å². The number of allylic oxidation sites excluding steroid dienone is 3. The fourth-order valence-electron chi connectivity index (χ4n) is 4.10. The van der Waals surface area contributed by atoms with E-state index in [2.05, 4.69) is 32.6 Å². The maximum atomic E-state index is 4.41. The lowest BCUT2D eigenvalue weighted by atomic mass is 9.57. The third-order valence-electron chi connectivity index (χ3n) is 5.26. The van der Waals surface area contributed by atoms with Gasteiger partial charge in [-0.2, -0.15) is 0 Å². The van der Waals surface area contributed by atoms with Gasteiger partial charge < -0.3 is 0 Å². The van der Waals surface area contributed by atoms with Gasteiger partial charge >= 0.3 is 0 Å². The van der Waals surface area contributed by atoms with Crippen LogP contribution in [0.5, 0.6) is 0 Å². The summed E-state index contributed by atoms with van der Waals surface area (Å²) in [7, 11) is 0. The van der Waals surface area contributed by atoms with E-state index >= 15 is 0 Å². The van der Waals surface area contributed by atoms with Crippen molar-refractivity contribution in [2.24, 2.45) is 22.7 Å². The molecule has 2 bridgehead atoms. The Bertz CT molecular complexity index is 321. The summed E-state index contributed by atoms with van der Waals surface area (Å²) in [5.74, 6) is 1.57. The number of fused-ring (bicyclic) bond motifs is 1. The molecule has 0 N–H and O–H groups in total. The van der Waals surface area contributed by atoms with Crippen molar-refractivity contribution in [2.45, 2.75) is 39.5 Å². The van der Waals surface area contributed by atoms with Crippen molar-refractivity contribution in [3.63, 3.8) is 0 Å². The molecule has 0 unspecified atom stereocenters. The molecule has 2 saturated carbocycles. The van der Waals surface area contributed by atoms with Crippen LogP contribution in [0, 0.1) is 22.7 Å². The van der Waals surface area contributed by atoms with Crippen LogP contribution in [0.25, 0.3) is 0 Å². The SMILES string of the molecule is C=C1[C@H]2CCC[C@@]23C=C[C@H](C3)C1(C)C. The highest BCUT2D eigenvalue weighted by molar-refractivity contribution is 5.33. The second-order valence-corrected chi connectivity index (χ2v) is 6.09. The van der Waals surface area contributed by atoms with Crippen molar-refractivity contribution in [3.05, 3.63) is 24.3 Å². The zero-order valence-electron chi connectivity index (χ0n) is 9.34. The van der Waals surface area contributed by atoms with Crippen LogP contribution in [0.4, 0.5) is 0 Å². The van der Waals surface area contributed by atoms with Crippen molar-refractivity contribution in [1.82, 2.24) is 0 Å². The molecule has 0 aromatic heterocycles. The van der Waals surface area contributed by atoms with Gasteiger partial charge in [0.25, 0.3) is 0 Å². The van der Waals surface area contributed by atoms with Gasteiger partial charge in [0.05, 0.1) is 0 Å². The molecule has 76 valence electrons. The zero-order valence-corrected chi connectivity index (χ0v) is 9.34. The van der Waals surface area contributed by atoms with Gasteiger partial charge in [-0.3, -0.25) is 0 Å². The average Bonchev–Trinajstić information content (AvgIpc) is 2.71. The molecule has 3 aliphatic rings. The molecule has 1 spiro atoms. The molecule has 0 amide bonds. The summed E-state index contributed by atoms with van der Waals surface area (Å²) in [5, 5.41) is 0. The molecule has 0 heterocycles. The minimum absolute atomic E-state index is 0.353. The Morgan fingerprint density at radius 2 is 2.21 bits per heavy atom. The van der Waals surface area contributed by atoms with E-state index in [-0.39, 0.29) is 0 Å². The molecule has 3 aliphatic carbocycles. The summed E-state index contributed by atoms with van der Waals surface area (Å²) in [6.45, 7) is 9.18. The lowest BCUT2D eigenvalue weighted by molar-refractivity contribution is 0.139. The molecule has 0 aromatic carbocycles. The summed E-state index contributed by atoms with van der Waals surface area (Å²) >= 11 is 0. The molecule has 0 heteroatoms. The minimum atomic E-state index is 0.353. The van der Waals surface area contributed by atoms with Crippen LogP contribution >= 0.6 is 0 Å². The van der Waals surface area contributed by atoms with Crippen LogP contribution in [-0.4, -0.2) is 0 Å². The Kier molecular flexibility index (Phi) is 1.47. The average molecular weight is 188 g/mol. The fraction of sp³-hybridized carbons (Fsp3) is 0.714. The standard InChI is InChI=1S/C14H20/c1-10-12-5-4-7-14(12)8-6-11(9-14)13(10,2)3/h6,8,11-12H,1,4-5,7,9H2,2-3H3/t11-,12-,14+/m1/s1. The fourth-order valence-corrected chi connectivity index (χ4v) is 4.10. The molecule has 0 saturated heterocycles. The molecule has 2 fully saturated rings. The molecule has 0 nitrogen and oxygen atoms in total. The monoisotopic (exact) mass is 188 g/mol. The second-order valence-electron chi connectivity index (χ2n) is 6.09. The summed E-state index contributed by atoms with van der Waals surface area (Å²) < 4.78 is 0. The van der Waals surface area contributed by atoms with Gasteiger partial charge in [0, 0.05) is 0 Å². The number of hydrogen-bond acceptors (Lipinski definition) is 0. The molecular formula is C14H20. The Hall–Kier alpha value is -0.520. The highest BCUT2D eigenvalue weighted by Crippen LogP contribution is 2.65. The Morgan fingerprint density at radius 1 is 1.43 bits per heavy atom. The maximum absolute atomic E-state index is 4.41. The van der Waals surface area contributed by atoms with Gasteiger partial charge in [-0.05, 0) is 41.9 Å². The van der Waals surface area contributed by atoms with Crippen LogP contribution in [0.2, 0.25) is 0 Å². The number of hydrogen-bond donors (Lipinski definition) is 0. The Balaban J connectivity index is 2.10. The van der Waals surface area contributed by atoms with Crippen molar-refractivity contribution < 1.29 is 0 Å². The Labute approximate surface area is 87.1 Å². The van der Waals surface area contributed by atoms with Crippen molar-refractivity contribution in [3.8, 4) is 0 Å². The summed E-state index contributed by atoms with van der Waals surface area (Å²) in [6.07, 6.45) is 10.6. The van der Waals surface area contributed by atoms with E-state index < -0.39 is 0 Å². The van der Waals surface area contributed by atoms with Crippen molar-refractivity contribution >= 4 is 0 Å². The predicted molar refractivity (Wildman–Crippen MR) is 59.9 cm³/mol. The minimum Gasteiger partial charge on any atom is -0.0990 e. The first-order valence-electron chi connectivity index (χ1n) is 5.95. The first-order chi connectivity index (χ1) is 6.56. The van der Waals surface area contributed by atoms with Crippen molar-refractivity contribution in [2.75, 3.05) is 0 Å². The van der Waals surface area contributed by atoms with Gasteiger partial charge in [0.1, 0.15) is 0 Å². The van der Waals surface area contributed by atoms with Crippen LogP contribution < -0.4 is 0 Å². The molecule has 3 atom stereocenters. The molecule has 0 aromatic rings. The van der Waals surface area contributed by atoms with Crippen LogP contribution in [0.15, 0.2) is 24.3 Å². The van der Waals surface area contributed by atoms with E-state index in [9.17, 15) is 0 Å². The van der Waals surface area contributed by atoms with Crippen LogP contribution in [-0.2, 0) is 0 Å². The third kappa shape index (κ3) is 0.809. The van der Waals surface area contributed by atoms with Gasteiger partial charge in [0.2, 0.25) is 0 Å². The van der Waals surface area contributed by atoms with E-state index in [1.165, 1.54) is 31.3 Å². The zero-order chi connectivity index (χ0) is 9.97. The van der Waals surface area contributed by atoms with Gasteiger partial charge in [-0.1, -0.05) is 44.6 Å². The molecule has 0 radical (unpaired) electrons. The van der Waals surface area contributed by atoms with Gasteiger partial charge in [-0.25, -0.2) is 0 Å². The van der Waals surface area contributed by atoms with E-state index in [0.29, 0.717) is 10.8 Å². The first-order valence-corrected chi connectivity index (χ1v) is 5.95. The summed E-state index contributed by atoms with van der Waals surface area (Å²) in [5.41, 5.74) is 2.44. The van der Waals surface area contributed by atoms with Crippen LogP contribution in [0.1, 0.15) is 39.5 Å². The van der Waals surface area contributed by atoms with E-state index in [4.69, 9.17) is 0 Å². The molecular weight excluding hydrogens is 168 g/mol. The number of rotatable bonds is 0. The quantitative estimate of drug-likeness (QED) is 0.505. The molecule has 0 aliphatic heterocycles. The maximum Gasteiger partial charge on any atom is -0.00467 e. The van der Waals surface area contributed by atoms with Crippen molar-refractivity contribution in [1.29, 1.82) is 0 Å². The third-order valence-corrected chi connectivity index (χ3v) is 5.26. The normalized spacial score (nSPS) is 48.3. The Morgan fingerprint density at radius 3 is 3.00 bits per heavy atom. The van der Waals surface area contributed by atoms with Crippen LogP contribution in [0.3, 0.4) is 0 Å². The largest absolute Gasteiger partial charge is 0.0990 e.